The molecule has 0 unspecified atom stereocenters. The largest absolute Gasteiger partial charge is 0.491 e. The standard InChI is InChI=1S/C14H23NO2/c1-10(2)16-13-7-6-12(9-15-5)14(8-13)17-11(3)4/h6-8,10-11,15H,9H2,1-5H3. The highest BCUT2D eigenvalue weighted by molar-refractivity contribution is 5.41. The quantitative estimate of drug-likeness (QED) is 0.825. The van der Waals surface area contributed by atoms with Gasteiger partial charge in [0, 0.05) is 18.2 Å². The van der Waals surface area contributed by atoms with Crippen molar-refractivity contribution in [3.8, 4) is 11.5 Å². The van der Waals surface area contributed by atoms with Crippen molar-refractivity contribution in [2.24, 2.45) is 0 Å². The van der Waals surface area contributed by atoms with Gasteiger partial charge in [-0.2, -0.15) is 0 Å². The third-order valence-electron chi connectivity index (χ3n) is 2.14. The first kappa shape index (κ1) is 13.8. The topological polar surface area (TPSA) is 30.5 Å². The van der Waals surface area contributed by atoms with Crippen molar-refractivity contribution in [1.82, 2.24) is 5.32 Å². The molecule has 0 amide bonds. The van der Waals surface area contributed by atoms with Crippen molar-refractivity contribution in [1.29, 1.82) is 0 Å². The lowest BCUT2D eigenvalue weighted by atomic mass is 10.2. The first-order valence-corrected chi connectivity index (χ1v) is 6.13. The number of nitrogens with one attached hydrogen (secondary N) is 1. The van der Waals surface area contributed by atoms with Crippen LogP contribution in [0, 0.1) is 0 Å². The van der Waals surface area contributed by atoms with Gasteiger partial charge in [0.25, 0.3) is 0 Å². The van der Waals surface area contributed by atoms with Crippen LogP contribution in [0.5, 0.6) is 11.5 Å². The van der Waals surface area contributed by atoms with Gasteiger partial charge in [0.15, 0.2) is 0 Å². The van der Waals surface area contributed by atoms with E-state index in [4.69, 9.17) is 9.47 Å². The van der Waals surface area contributed by atoms with Gasteiger partial charge in [0.1, 0.15) is 11.5 Å². The summed E-state index contributed by atoms with van der Waals surface area (Å²) in [4.78, 5) is 0. The van der Waals surface area contributed by atoms with Crippen LogP contribution in [0.3, 0.4) is 0 Å². The number of benzene rings is 1. The Kier molecular flexibility index (Phi) is 5.29. The minimum atomic E-state index is 0.167. The molecule has 0 aromatic heterocycles. The van der Waals surface area contributed by atoms with Gasteiger partial charge in [0.2, 0.25) is 0 Å². The van der Waals surface area contributed by atoms with E-state index in [9.17, 15) is 0 Å². The minimum absolute atomic E-state index is 0.167. The van der Waals surface area contributed by atoms with Crippen molar-refractivity contribution in [2.45, 2.75) is 46.4 Å². The van der Waals surface area contributed by atoms with Crippen molar-refractivity contribution in [3.63, 3.8) is 0 Å². The molecular weight excluding hydrogens is 214 g/mol. The number of rotatable bonds is 6. The summed E-state index contributed by atoms with van der Waals surface area (Å²) in [6.07, 6.45) is 0.344. The normalized spacial score (nSPS) is 11.0. The summed E-state index contributed by atoms with van der Waals surface area (Å²) in [7, 11) is 1.93. The molecule has 0 fully saturated rings. The molecule has 17 heavy (non-hydrogen) atoms. The lowest BCUT2D eigenvalue weighted by Gasteiger charge is -2.17. The fourth-order valence-electron chi connectivity index (χ4n) is 1.58. The van der Waals surface area contributed by atoms with Crippen LogP contribution in [0.25, 0.3) is 0 Å². The molecule has 1 rings (SSSR count). The third-order valence-corrected chi connectivity index (χ3v) is 2.14. The highest BCUT2D eigenvalue weighted by Crippen LogP contribution is 2.26. The number of hydrogen-bond acceptors (Lipinski definition) is 3. The first-order chi connectivity index (χ1) is 8.02. The third kappa shape index (κ3) is 4.65. The van der Waals surface area contributed by atoms with Crippen LogP contribution in [-0.4, -0.2) is 19.3 Å². The van der Waals surface area contributed by atoms with Gasteiger partial charge in [-0.05, 0) is 40.8 Å². The van der Waals surface area contributed by atoms with Gasteiger partial charge in [-0.1, -0.05) is 6.07 Å². The van der Waals surface area contributed by atoms with Crippen LogP contribution in [0.1, 0.15) is 33.3 Å². The summed E-state index contributed by atoms with van der Waals surface area (Å²) < 4.78 is 11.5. The maximum Gasteiger partial charge on any atom is 0.127 e. The second kappa shape index (κ2) is 6.50. The van der Waals surface area contributed by atoms with Crippen molar-refractivity contribution >= 4 is 0 Å². The Balaban J connectivity index is 2.92. The smallest absolute Gasteiger partial charge is 0.127 e. The summed E-state index contributed by atoms with van der Waals surface area (Å²) in [5.74, 6) is 1.75. The van der Waals surface area contributed by atoms with E-state index in [1.807, 2.05) is 52.9 Å². The highest BCUT2D eigenvalue weighted by Gasteiger charge is 2.08. The first-order valence-electron chi connectivity index (χ1n) is 6.13. The van der Waals surface area contributed by atoms with E-state index in [1.165, 1.54) is 0 Å². The molecule has 1 N–H and O–H groups in total. The van der Waals surface area contributed by atoms with Crippen LogP contribution in [0.2, 0.25) is 0 Å². The summed E-state index contributed by atoms with van der Waals surface area (Å²) in [6.45, 7) is 8.89. The Bertz CT molecular complexity index is 348. The molecular formula is C14H23NO2. The van der Waals surface area contributed by atoms with Crippen molar-refractivity contribution < 1.29 is 9.47 Å². The highest BCUT2D eigenvalue weighted by atomic mass is 16.5. The average Bonchev–Trinajstić information content (AvgIpc) is 2.20. The zero-order valence-corrected chi connectivity index (χ0v) is 11.4. The minimum Gasteiger partial charge on any atom is -0.491 e. The van der Waals surface area contributed by atoms with Crippen LogP contribution in [0.15, 0.2) is 18.2 Å². The molecule has 0 saturated heterocycles. The number of hydrogen-bond donors (Lipinski definition) is 1. The van der Waals surface area contributed by atoms with E-state index in [2.05, 4.69) is 5.32 Å². The van der Waals surface area contributed by atoms with Crippen molar-refractivity contribution in [2.75, 3.05) is 7.05 Å². The molecule has 0 aliphatic rings. The van der Waals surface area contributed by atoms with Gasteiger partial charge >= 0.3 is 0 Å². The molecule has 96 valence electrons. The Labute approximate surface area is 104 Å². The molecule has 0 aliphatic heterocycles. The molecule has 1 aromatic rings. The number of ether oxygens (including phenoxy) is 2. The maximum absolute atomic E-state index is 5.80. The molecule has 3 heteroatoms. The van der Waals surface area contributed by atoms with Crippen LogP contribution in [0.4, 0.5) is 0 Å². The lowest BCUT2D eigenvalue weighted by Crippen LogP contribution is -2.12. The summed E-state index contributed by atoms with van der Waals surface area (Å²) in [5.41, 5.74) is 1.15. The molecule has 0 saturated carbocycles. The zero-order valence-electron chi connectivity index (χ0n) is 11.4. The van der Waals surface area contributed by atoms with Crippen molar-refractivity contribution in [3.05, 3.63) is 23.8 Å². The predicted molar refractivity (Wildman–Crippen MR) is 70.7 cm³/mol. The van der Waals surface area contributed by atoms with E-state index in [-0.39, 0.29) is 12.2 Å². The SMILES string of the molecule is CNCc1ccc(OC(C)C)cc1OC(C)C. The van der Waals surface area contributed by atoms with Crippen LogP contribution < -0.4 is 14.8 Å². The van der Waals surface area contributed by atoms with Gasteiger partial charge in [-0.25, -0.2) is 0 Å². The van der Waals surface area contributed by atoms with E-state index < -0.39 is 0 Å². The molecule has 0 heterocycles. The van der Waals surface area contributed by atoms with E-state index in [1.54, 1.807) is 0 Å². The monoisotopic (exact) mass is 237 g/mol. The Hall–Kier alpha value is -1.22. The molecule has 0 bridgehead atoms. The summed E-state index contributed by atoms with van der Waals surface area (Å²) in [6, 6.07) is 6.00. The molecule has 3 nitrogen and oxygen atoms in total. The summed E-state index contributed by atoms with van der Waals surface area (Å²) in [5, 5.41) is 3.14. The zero-order chi connectivity index (χ0) is 12.8. The van der Waals surface area contributed by atoms with E-state index >= 15 is 0 Å². The van der Waals surface area contributed by atoms with Crippen LogP contribution in [-0.2, 0) is 6.54 Å². The Morgan fingerprint density at radius 1 is 1.06 bits per heavy atom. The molecule has 0 aliphatic carbocycles. The van der Waals surface area contributed by atoms with E-state index in [0.29, 0.717) is 0 Å². The van der Waals surface area contributed by atoms with Gasteiger partial charge in [-0.3, -0.25) is 0 Å². The fourth-order valence-corrected chi connectivity index (χ4v) is 1.58. The Morgan fingerprint density at radius 3 is 2.24 bits per heavy atom. The fraction of sp³-hybridized carbons (Fsp3) is 0.571. The van der Waals surface area contributed by atoms with Gasteiger partial charge in [0.05, 0.1) is 12.2 Å². The molecule has 0 atom stereocenters. The maximum atomic E-state index is 5.80. The van der Waals surface area contributed by atoms with Gasteiger partial charge < -0.3 is 14.8 Å². The van der Waals surface area contributed by atoms with Crippen LogP contribution >= 0.6 is 0 Å². The molecule has 0 spiro atoms. The molecule has 1 aromatic carbocycles. The Morgan fingerprint density at radius 2 is 1.71 bits per heavy atom. The lowest BCUT2D eigenvalue weighted by molar-refractivity contribution is 0.227. The van der Waals surface area contributed by atoms with Gasteiger partial charge in [-0.15, -0.1) is 0 Å². The second-order valence-corrected chi connectivity index (χ2v) is 4.63. The summed E-state index contributed by atoms with van der Waals surface area (Å²) >= 11 is 0. The van der Waals surface area contributed by atoms with E-state index in [0.717, 1.165) is 23.6 Å². The predicted octanol–water partition coefficient (Wildman–Crippen LogP) is 2.98. The second-order valence-electron chi connectivity index (χ2n) is 4.63. The average molecular weight is 237 g/mol. The molecule has 0 radical (unpaired) electrons.